The van der Waals surface area contributed by atoms with Crippen LogP contribution >= 0.6 is 0 Å². The minimum Gasteiger partial charge on any atom is -0.454 e. The normalized spacial score (nSPS) is 15.0. The molecule has 0 radical (unpaired) electrons. The summed E-state index contributed by atoms with van der Waals surface area (Å²) >= 11 is 0. The van der Waals surface area contributed by atoms with E-state index in [1.807, 2.05) is 18.2 Å². The van der Waals surface area contributed by atoms with Gasteiger partial charge in [0.05, 0.1) is 6.61 Å². The van der Waals surface area contributed by atoms with Gasteiger partial charge in [-0.3, -0.25) is 4.79 Å². The zero-order valence-electron chi connectivity index (χ0n) is 11.7. The van der Waals surface area contributed by atoms with Crippen LogP contribution in [0.3, 0.4) is 0 Å². The van der Waals surface area contributed by atoms with Crippen molar-refractivity contribution in [3.63, 3.8) is 0 Å². The third-order valence-corrected chi connectivity index (χ3v) is 3.93. The Kier molecular flexibility index (Phi) is 3.13. The molecule has 2 heterocycles. The molecule has 6 heteroatoms. The molecule has 0 aromatic heterocycles. The lowest BCUT2D eigenvalue weighted by molar-refractivity contribution is 0.0992. The summed E-state index contributed by atoms with van der Waals surface area (Å²) in [4.78, 5) is 12.4. The van der Waals surface area contributed by atoms with Gasteiger partial charge in [0, 0.05) is 12.0 Å². The SMILES string of the molecule is O=C(Cc1ccc2c(c1)B(O)OC2)c1ccc2c(c1)OCO2. The van der Waals surface area contributed by atoms with Crippen molar-refractivity contribution in [2.75, 3.05) is 6.79 Å². The summed E-state index contributed by atoms with van der Waals surface area (Å²) in [6, 6.07) is 10.8. The van der Waals surface area contributed by atoms with Crippen molar-refractivity contribution in [2.24, 2.45) is 0 Å². The molecule has 0 saturated heterocycles. The van der Waals surface area contributed by atoms with E-state index in [2.05, 4.69) is 0 Å². The number of benzene rings is 2. The maximum Gasteiger partial charge on any atom is 0.491 e. The highest BCUT2D eigenvalue weighted by Crippen LogP contribution is 2.32. The average Bonchev–Trinajstić information content (AvgIpc) is 3.13. The fourth-order valence-electron chi connectivity index (χ4n) is 2.73. The highest BCUT2D eigenvalue weighted by atomic mass is 16.7. The molecule has 0 saturated carbocycles. The Morgan fingerprint density at radius 2 is 2.00 bits per heavy atom. The molecule has 4 rings (SSSR count). The van der Waals surface area contributed by atoms with Gasteiger partial charge in [0.25, 0.3) is 0 Å². The number of carbonyl (C=O) groups excluding carboxylic acids is 1. The number of fused-ring (bicyclic) bond motifs is 2. The lowest BCUT2D eigenvalue weighted by Gasteiger charge is -2.05. The van der Waals surface area contributed by atoms with E-state index in [0.717, 1.165) is 16.6 Å². The quantitative estimate of drug-likeness (QED) is 0.677. The van der Waals surface area contributed by atoms with Gasteiger partial charge in [-0.05, 0) is 34.8 Å². The van der Waals surface area contributed by atoms with Crippen LogP contribution in [0.25, 0.3) is 0 Å². The van der Waals surface area contributed by atoms with E-state index in [0.29, 0.717) is 23.7 Å². The summed E-state index contributed by atoms with van der Waals surface area (Å²) in [6.07, 6.45) is 0.264. The first-order chi connectivity index (χ1) is 10.7. The maximum absolute atomic E-state index is 12.4. The summed E-state index contributed by atoms with van der Waals surface area (Å²) in [5.74, 6) is 1.25. The molecule has 0 unspecified atom stereocenters. The second-order valence-electron chi connectivity index (χ2n) is 5.36. The molecule has 0 aliphatic carbocycles. The van der Waals surface area contributed by atoms with Gasteiger partial charge in [0.1, 0.15) is 0 Å². The third-order valence-electron chi connectivity index (χ3n) is 3.93. The summed E-state index contributed by atoms with van der Waals surface area (Å²) in [5.41, 5.74) is 3.15. The predicted octanol–water partition coefficient (Wildman–Crippen LogP) is 1.06. The van der Waals surface area contributed by atoms with Gasteiger partial charge in [-0.15, -0.1) is 0 Å². The molecule has 2 aromatic rings. The summed E-state index contributed by atoms with van der Waals surface area (Å²) in [6.45, 7) is 0.600. The van der Waals surface area contributed by atoms with Gasteiger partial charge in [0.15, 0.2) is 17.3 Å². The fraction of sp³-hybridized carbons (Fsp3) is 0.188. The van der Waals surface area contributed by atoms with Crippen LogP contribution in [0.2, 0.25) is 0 Å². The predicted molar refractivity (Wildman–Crippen MR) is 79.4 cm³/mol. The lowest BCUT2D eigenvalue weighted by atomic mass is 9.78. The van der Waals surface area contributed by atoms with Crippen molar-refractivity contribution in [1.82, 2.24) is 0 Å². The molecular weight excluding hydrogens is 283 g/mol. The number of ether oxygens (including phenoxy) is 2. The van der Waals surface area contributed by atoms with Crippen LogP contribution in [0.5, 0.6) is 11.5 Å². The molecule has 0 fully saturated rings. The van der Waals surface area contributed by atoms with Gasteiger partial charge < -0.3 is 19.2 Å². The minimum absolute atomic E-state index is 0.00773. The molecule has 2 aliphatic rings. The van der Waals surface area contributed by atoms with Crippen molar-refractivity contribution in [3.05, 3.63) is 53.1 Å². The number of rotatable bonds is 3. The van der Waals surface area contributed by atoms with E-state index in [1.165, 1.54) is 0 Å². The Bertz CT molecular complexity index is 758. The number of hydrogen-bond acceptors (Lipinski definition) is 5. The van der Waals surface area contributed by atoms with E-state index in [1.54, 1.807) is 18.2 Å². The molecule has 110 valence electrons. The first-order valence-corrected chi connectivity index (χ1v) is 7.05. The third kappa shape index (κ3) is 2.26. The molecule has 2 aliphatic heterocycles. The highest BCUT2D eigenvalue weighted by molar-refractivity contribution is 6.61. The molecule has 1 N–H and O–H groups in total. The highest BCUT2D eigenvalue weighted by Gasteiger charge is 2.27. The summed E-state index contributed by atoms with van der Waals surface area (Å²) < 4.78 is 15.7. The Hall–Kier alpha value is -2.31. The van der Waals surface area contributed by atoms with E-state index in [-0.39, 0.29) is 19.0 Å². The molecule has 0 amide bonds. The summed E-state index contributed by atoms with van der Waals surface area (Å²) in [5, 5.41) is 9.73. The second kappa shape index (κ2) is 5.16. The van der Waals surface area contributed by atoms with Crippen molar-refractivity contribution in [1.29, 1.82) is 0 Å². The number of hydrogen-bond donors (Lipinski definition) is 1. The fourth-order valence-corrected chi connectivity index (χ4v) is 2.73. The van der Waals surface area contributed by atoms with E-state index >= 15 is 0 Å². The molecule has 5 nitrogen and oxygen atoms in total. The average molecular weight is 296 g/mol. The zero-order chi connectivity index (χ0) is 15.1. The van der Waals surface area contributed by atoms with E-state index < -0.39 is 7.12 Å². The Labute approximate surface area is 127 Å². The molecule has 2 aromatic carbocycles. The van der Waals surface area contributed by atoms with E-state index in [9.17, 15) is 9.82 Å². The van der Waals surface area contributed by atoms with Gasteiger partial charge >= 0.3 is 7.12 Å². The Balaban J connectivity index is 1.56. The smallest absolute Gasteiger partial charge is 0.454 e. The molecule has 0 bridgehead atoms. The monoisotopic (exact) mass is 296 g/mol. The Morgan fingerprint density at radius 1 is 1.14 bits per heavy atom. The maximum atomic E-state index is 12.4. The van der Waals surface area contributed by atoms with E-state index in [4.69, 9.17) is 14.1 Å². The minimum atomic E-state index is -0.893. The van der Waals surface area contributed by atoms with Crippen molar-refractivity contribution in [3.8, 4) is 11.5 Å². The van der Waals surface area contributed by atoms with Gasteiger partial charge in [-0.25, -0.2) is 0 Å². The first-order valence-electron chi connectivity index (χ1n) is 7.05. The first kappa shape index (κ1) is 13.4. The number of ketones is 1. The number of carbonyl (C=O) groups is 1. The standard InChI is InChI=1S/C16H13BO5/c18-14(11-3-4-15-16(7-11)21-9-20-15)6-10-1-2-12-8-22-17(19)13(12)5-10/h1-5,7,19H,6,8-9H2. The van der Waals surface area contributed by atoms with Crippen molar-refractivity contribution in [2.45, 2.75) is 13.0 Å². The van der Waals surface area contributed by atoms with Gasteiger partial charge in [-0.2, -0.15) is 0 Å². The van der Waals surface area contributed by atoms with Crippen LogP contribution in [0.15, 0.2) is 36.4 Å². The largest absolute Gasteiger partial charge is 0.491 e. The lowest BCUT2D eigenvalue weighted by Crippen LogP contribution is -2.28. The molecule has 0 atom stereocenters. The van der Waals surface area contributed by atoms with Gasteiger partial charge in [0.2, 0.25) is 6.79 Å². The molecular formula is C16H13BO5. The van der Waals surface area contributed by atoms with Crippen molar-refractivity contribution >= 4 is 18.4 Å². The Morgan fingerprint density at radius 3 is 2.91 bits per heavy atom. The van der Waals surface area contributed by atoms with Crippen LogP contribution < -0.4 is 14.9 Å². The topological polar surface area (TPSA) is 65.0 Å². The number of Topliss-reactive ketones (excluding diaryl/α,β-unsaturated/α-hetero) is 1. The molecule has 0 spiro atoms. The zero-order valence-corrected chi connectivity index (χ0v) is 11.7. The molecule has 22 heavy (non-hydrogen) atoms. The van der Waals surface area contributed by atoms with Crippen LogP contribution in [0.4, 0.5) is 0 Å². The van der Waals surface area contributed by atoms with Crippen LogP contribution in [-0.2, 0) is 17.7 Å². The van der Waals surface area contributed by atoms with Crippen molar-refractivity contribution < 1.29 is 23.9 Å². The van der Waals surface area contributed by atoms with Gasteiger partial charge in [-0.1, -0.05) is 18.2 Å². The summed E-state index contributed by atoms with van der Waals surface area (Å²) in [7, 11) is -0.893. The second-order valence-corrected chi connectivity index (χ2v) is 5.36. The van der Waals surface area contributed by atoms with Crippen LogP contribution in [-0.4, -0.2) is 24.7 Å². The van der Waals surface area contributed by atoms with Crippen LogP contribution in [0.1, 0.15) is 21.5 Å². The van der Waals surface area contributed by atoms with Crippen LogP contribution in [0, 0.1) is 0 Å².